The van der Waals surface area contributed by atoms with Gasteiger partial charge in [-0.2, -0.15) is 0 Å². The van der Waals surface area contributed by atoms with Crippen LogP contribution in [0.3, 0.4) is 0 Å². The molecule has 0 aliphatic heterocycles. The van der Waals surface area contributed by atoms with Crippen LogP contribution in [-0.4, -0.2) is 29.9 Å². The molecule has 3 nitrogen and oxygen atoms in total. The van der Waals surface area contributed by atoms with E-state index in [1.54, 1.807) is 12.1 Å². The third kappa shape index (κ3) is 5.40. The second-order valence-electron chi connectivity index (χ2n) is 3.04. The topological polar surface area (TPSA) is 52.5 Å². The number of aliphatic hydroxyl groups is 1. The monoisotopic (exact) mass is 211 g/mol. The van der Waals surface area contributed by atoms with Gasteiger partial charge in [0.1, 0.15) is 5.75 Å². The van der Waals surface area contributed by atoms with Crippen LogP contribution >= 0.6 is 0 Å². The quantitative estimate of drug-likeness (QED) is 0.708. The molecule has 0 heterocycles. The van der Waals surface area contributed by atoms with Gasteiger partial charge in [0, 0.05) is 6.04 Å². The molecule has 1 atom stereocenters. The van der Waals surface area contributed by atoms with Crippen LogP contribution in [0.2, 0.25) is 0 Å². The molecule has 0 saturated heterocycles. The number of phenols is 1. The first-order chi connectivity index (χ1) is 7.26. The minimum atomic E-state index is 0.0875. The highest BCUT2D eigenvalue weighted by Crippen LogP contribution is 2.10. The summed E-state index contributed by atoms with van der Waals surface area (Å²) in [5.41, 5.74) is 1.10. The third-order valence-corrected chi connectivity index (χ3v) is 2.05. The fourth-order valence-corrected chi connectivity index (χ4v) is 1.17. The lowest BCUT2D eigenvalue weighted by molar-refractivity contribution is 0.248. The molecule has 1 aromatic carbocycles. The van der Waals surface area contributed by atoms with Crippen molar-refractivity contribution < 1.29 is 10.2 Å². The molecule has 86 valence electrons. The predicted octanol–water partition coefficient (Wildman–Crippen LogP) is 1.54. The van der Waals surface area contributed by atoms with Crippen LogP contribution in [0.1, 0.15) is 19.4 Å². The van der Waals surface area contributed by atoms with Crippen molar-refractivity contribution in [1.82, 2.24) is 5.32 Å². The summed E-state index contributed by atoms with van der Waals surface area (Å²) in [5.74, 6) is 0.272. The van der Waals surface area contributed by atoms with E-state index in [0.717, 1.165) is 12.0 Å². The van der Waals surface area contributed by atoms with E-state index >= 15 is 0 Å². The van der Waals surface area contributed by atoms with E-state index in [1.165, 1.54) is 0 Å². The van der Waals surface area contributed by atoms with Crippen LogP contribution in [0.5, 0.6) is 5.75 Å². The summed E-state index contributed by atoms with van der Waals surface area (Å²) < 4.78 is 0. The van der Waals surface area contributed by atoms with Crippen molar-refractivity contribution >= 4 is 0 Å². The summed E-state index contributed by atoms with van der Waals surface area (Å²) in [7, 11) is 1.82. The predicted molar refractivity (Wildman–Crippen MR) is 63.1 cm³/mol. The lowest BCUT2D eigenvalue weighted by Gasteiger charge is -2.12. The Morgan fingerprint density at radius 1 is 1.20 bits per heavy atom. The molecule has 0 saturated carbocycles. The zero-order chi connectivity index (χ0) is 11.7. The molecular weight excluding hydrogens is 190 g/mol. The minimum Gasteiger partial charge on any atom is -0.508 e. The molecular formula is C12H21NO2. The molecule has 0 aromatic heterocycles. The Labute approximate surface area is 91.8 Å². The fraction of sp³-hybridized carbons (Fsp3) is 0.500. The number of rotatable bonds is 4. The molecule has 1 aromatic rings. The highest BCUT2D eigenvalue weighted by molar-refractivity contribution is 5.26. The molecule has 3 heteroatoms. The largest absolute Gasteiger partial charge is 0.508 e. The van der Waals surface area contributed by atoms with E-state index in [-0.39, 0.29) is 18.4 Å². The first-order valence-corrected chi connectivity index (χ1v) is 5.32. The van der Waals surface area contributed by atoms with Gasteiger partial charge in [-0.1, -0.05) is 26.0 Å². The van der Waals surface area contributed by atoms with E-state index in [4.69, 9.17) is 10.2 Å². The second-order valence-corrected chi connectivity index (χ2v) is 3.04. The Morgan fingerprint density at radius 2 is 1.73 bits per heavy atom. The number of aromatic hydroxyl groups is 1. The van der Waals surface area contributed by atoms with Crippen LogP contribution < -0.4 is 5.32 Å². The molecule has 0 fully saturated rings. The van der Waals surface area contributed by atoms with Crippen molar-refractivity contribution in [1.29, 1.82) is 0 Å². The summed E-state index contributed by atoms with van der Waals surface area (Å²) in [6.07, 6.45) is 0.771. The molecule has 0 bridgehead atoms. The van der Waals surface area contributed by atoms with E-state index in [0.29, 0.717) is 0 Å². The zero-order valence-electron chi connectivity index (χ0n) is 9.70. The van der Waals surface area contributed by atoms with E-state index in [9.17, 15) is 0 Å². The first kappa shape index (κ1) is 13.9. The van der Waals surface area contributed by atoms with Crippen molar-refractivity contribution in [2.75, 3.05) is 13.7 Å². The second kappa shape index (κ2) is 8.26. The Balaban J connectivity index is 0.000000921. The van der Waals surface area contributed by atoms with Gasteiger partial charge in [-0.15, -0.1) is 0 Å². The van der Waals surface area contributed by atoms with Crippen molar-refractivity contribution in [2.24, 2.45) is 0 Å². The summed E-state index contributed by atoms with van der Waals surface area (Å²) in [6, 6.07) is 7.10. The van der Waals surface area contributed by atoms with Crippen LogP contribution in [0, 0.1) is 0 Å². The highest BCUT2D eigenvalue weighted by Gasteiger charge is 2.04. The molecule has 3 N–H and O–H groups in total. The van der Waals surface area contributed by atoms with E-state index in [2.05, 4.69) is 5.32 Å². The van der Waals surface area contributed by atoms with Gasteiger partial charge in [0.2, 0.25) is 0 Å². The lowest BCUT2D eigenvalue weighted by Crippen LogP contribution is -2.31. The maximum Gasteiger partial charge on any atom is 0.115 e. The van der Waals surface area contributed by atoms with Gasteiger partial charge < -0.3 is 15.5 Å². The molecule has 1 rings (SSSR count). The molecule has 0 aliphatic carbocycles. The number of aliphatic hydroxyl groups excluding tert-OH is 1. The molecule has 0 radical (unpaired) electrons. The first-order valence-electron chi connectivity index (χ1n) is 5.32. The fourth-order valence-electron chi connectivity index (χ4n) is 1.17. The number of phenolic OH excluding ortho intramolecular Hbond substituents is 1. The molecule has 0 amide bonds. The van der Waals surface area contributed by atoms with Crippen LogP contribution in [-0.2, 0) is 6.42 Å². The normalized spacial score (nSPS) is 11.5. The Hall–Kier alpha value is -1.06. The van der Waals surface area contributed by atoms with Crippen molar-refractivity contribution in [3.8, 4) is 5.75 Å². The summed E-state index contributed by atoms with van der Waals surface area (Å²) in [4.78, 5) is 0. The van der Waals surface area contributed by atoms with Crippen molar-refractivity contribution in [3.05, 3.63) is 29.8 Å². The number of nitrogens with one attached hydrogen (secondary N) is 1. The number of hydrogen-bond acceptors (Lipinski definition) is 3. The molecule has 1 unspecified atom stereocenters. The highest BCUT2D eigenvalue weighted by atomic mass is 16.3. The van der Waals surface area contributed by atoms with Gasteiger partial charge in [-0.25, -0.2) is 0 Å². The standard InChI is InChI=1S/C10H15NO2.C2H6/c1-11-9(7-12)6-8-2-4-10(13)5-3-8;1-2/h2-5,9,11-13H,6-7H2,1H3;1-2H3. The van der Waals surface area contributed by atoms with Crippen molar-refractivity contribution in [3.63, 3.8) is 0 Å². The Kier molecular flexibility index (Phi) is 7.68. The van der Waals surface area contributed by atoms with Crippen LogP contribution in [0.25, 0.3) is 0 Å². The molecule has 0 aliphatic rings. The average Bonchev–Trinajstić information content (AvgIpc) is 2.31. The van der Waals surface area contributed by atoms with Gasteiger partial charge in [-0.05, 0) is 31.2 Å². The minimum absolute atomic E-state index is 0.0875. The Morgan fingerprint density at radius 3 is 2.13 bits per heavy atom. The van der Waals surface area contributed by atoms with Gasteiger partial charge >= 0.3 is 0 Å². The van der Waals surface area contributed by atoms with Crippen molar-refractivity contribution in [2.45, 2.75) is 26.3 Å². The molecule has 0 spiro atoms. The van der Waals surface area contributed by atoms with E-state index < -0.39 is 0 Å². The average molecular weight is 211 g/mol. The zero-order valence-corrected chi connectivity index (χ0v) is 9.70. The maximum atomic E-state index is 9.04. The van der Waals surface area contributed by atoms with Crippen LogP contribution in [0.15, 0.2) is 24.3 Å². The third-order valence-electron chi connectivity index (χ3n) is 2.05. The Bertz CT molecular complexity index is 242. The number of hydrogen-bond donors (Lipinski definition) is 3. The van der Waals surface area contributed by atoms with Gasteiger partial charge in [0.05, 0.1) is 6.61 Å². The molecule has 15 heavy (non-hydrogen) atoms. The van der Waals surface area contributed by atoms with Gasteiger partial charge in [0.15, 0.2) is 0 Å². The SMILES string of the molecule is CC.CNC(CO)Cc1ccc(O)cc1. The van der Waals surface area contributed by atoms with Gasteiger partial charge in [0.25, 0.3) is 0 Å². The smallest absolute Gasteiger partial charge is 0.115 e. The number of benzene rings is 1. The maximum absolute atomic E-state index is 9.04. The van der Waals surface area contributed by atoms with Crippen LogP contribution in [0.4, 0.5) is 0 Å². The lowest BCUT2D eigenvalue weighted by atomic mass is 10.1. The summed E-state index contributed by atoms with van der Waals surface area (Å²) in [5, 5.41) is 21.0. The number of likely N-dealkylation sites (N-methyl/N-ethyl adjacent to an activating group) is 1. The van der Waals surface area contributed by atoms with E-state index in [1.807, 2.05) is 33.0 Å². The summed E-state index contributed by atoms with van der Waals surface area (Å²) >= 11 is 0. The summed E-state index contributed by atoms with van der Waals surface area (Å²) in [6.45, 7) is 4.12. The van der Waals surface area contributed by atoms with Gasteiger partial charge in [-0.3, -0.25) is 0 Å².